The highest BCUT2D eigenvalue weighted by molar-refractivity contribution is 7.99. The predicted molar refractivity (Wildman–Crippen MR) is 68.8 cm³/mol. The van der Waals surface area contributed by atoms with E-state index in [2.05, 4.69) is 10.1 Å². The van der Waals surface area contributed by atoms with Gasteiger partial charge in [-0.3, -0.25) is 4.68 Å². The largest absolute Gasteiger partial charge is 0.477 e. The lowest BCUT2D eigenvalue weighted by Crippen LogP contribution is -2.01. The van der Waals surface area contributed by atoms with Gasteiger partial charge in [0.2, 0.25) is 0 Å². The smallest absolute Gasteiger partial charge is 0.354 e. The van der Waals surface area contributed by atoms with E-state index in [0.29, 0.717) is 0 Å². The van der Waals surface area contributed by atoms with E-state index in [4.69, 9.17) is 5.11 Å². The van der Waals surface area contributed by atoms with E-state index in [1.165, 1.54) is 6.20 Å². The molecule has 0 unspecified atom stereocenters. The number of carboxylic acids is 1. The zero-order chi connectivity index (χ0) is 13.0. The van der Waals surface area contributed by atoms with Crippen LogP contribution in [0.3, 0.4) is 0 Å². The molecule has 0 aromatic carbocycles. The maximum absolute atomic E-state index is 10.8. The maximum Gasteiger partial charge on any atom is 0.354 e. The van der Waals surface area contributed by atoms with Crippen LogP contribution in [0.15, 0.2) is 35.5 Å². The minimum absolute atomic E-state index is 0.0838. The number of nitrogens with zero attached hydrogens (tertiary/aromatic N) is 3. The number of carboxylic acid groups (broad SMARTS) is 1. The van der Waals surface area contributed by atoms with E-state index in [0.717, 1.165) is 22.8 Å². The van der Waals surface area contributed by atoms with E-state index in [9.17, 15) is 4.79 Å². The number of aromatic carboxylic acids is 1. The monoisotopic (exact) mass is 263 g/mol. The summed E-state index contributed by atoms with van der Waals surface area (Å²) in [5, 5.41) is 12.9. The first-order valence-electron chi connectivity index (χ1n) is 5.46. The molecule has 0 saturated heterocycles. The van der Waals surface area contributed by atoms with E-state index in [1.54, 1.807) is 24.0 Å². The third-order valence-corrected chi connectivity index (χ3v) is 3.50. The molecule has 0 saturated carbocycles. The summed E-state index contributed by atoms with van der Waals surface area (Å²) >= 11 is 1.61. The Morgan fingerprint density at radius 2 is 2.28 bits per heavy atom. The lowest BCUT2D eigenvalue weighted by molar-refractivity contribution is 0.0690. The average Bonchev–Trinajstić information content (AvgIpc) is 2.76. The topological polar surface area (TPSA) is 68.0 Å². The van der Waals surface area contributed by atoms with Crippen molar-refractivity contribution in [3.8, 4) is 0 Å². The third-order valence-electron chi connectivity index (χ3n) is 2.50. The Hall–Kier alpha value is -1.82. The molecule has 0 atom stereocenters. The van der Waals surface area contributed by atoms with Gasteiger partial charge in [0.1, 0.15) is 5.69 Å². The molecule has 2 heterocycles. The molecule has 0 fully saturated rings. The molecule has 6 heteroatoms. The van der Waals surface area contributed by atoms with Gasteiger partial charge in [-0.1, -0.05) is 0 Å². The molecule has 0 spiro atoms. The summed E-state index contributed by atoms with van der Waals surface area (Å²) in [7, 11) is 1.91. The molecule has 0 aliphatic heterocycles. The summed E-state index contributed by atoms with van der Waals surface area (Å²) < 4.78 is 1.84. The summed E-state index contributed by atoms with van der Waals surface area (Å²) in [4.78, 5) is 15.5. The van der Waals surface area contributed by atoms with Gasteiger partial charge >= 0.3 is 5.97 Å². The van der Waals surface area contributed by atoms with Crippen LogP contribution in [0.4, 0.5) is 0 Å². The number of aromatic nitrogens is 3. The molecule has 0 bridgehead atoms. The predicted octanol–water partition coefficient (Wildman–Crippen LogP) is 1.85. The molecular formula is C12H13N3O2S. The number of hydrogen-bond acceptors (Lipinski definition) is 4. The molecule has 94 valence electrons. The summed E-state index contributed by atoms with van der Waals surface area (Å²) in [5.41, 5.74) is 1.25. The lowest BCUT2D eigenvalue weighted by Gasteiger charge is -2.03. The molecule has 0 radical (unpaired) electrons. The number of carbonyl (C=O) groups is 1. The van der Waals surface area contributed by atoms with Gasteiger partial charge in [-0.05, 0) is 24.6 Å². The number of rotatable bonds is 5. The SMILES string of the molecule is Cn1nccc1CCSc1ccnc(C(=O)O)c1. The van der Waals surface area contributed by atoms with Crippen LogP contribution in [0.5, 0.6) is 0 Å². The average molecular weight is 263 g/mol. The number of aryl methyl sites for hydroxylation is 2. The van der Waals surface area contributed by atoms with Crippen LogP contribution in [0, 0.1) is 0 Å². The van der Waals surface area contributed by atoms with Gasteiger partial charge in [-0.2, -0.15) is 5.10 Å². The van der Waals surface area contributed by atoms with Crippen molar-refractivity contribution in [3.63, 3.8) is 0 Å². The van der Waals surface area contributed by atoms with Gasteiger partial charge in [0.25, 0.3) is 0 Å². The fraction of sp³-hybridized carbons (Fsp3) is 0.250. The van der Waals surface area contributed by atoms with Crippen molar-refractivity contribution >= 4 is 17.7 Å². The first kappa shape index (κ1) is 12.6. The van der Waals surface area contributed by atoms with Crippen LogP contribution in [-0.2, 0) is 13.5 Å². The zero-order valence-corrected chi connectivity index (χ0v) is 10.7. The molecule has 0 aliphatic carbocycles. The van der Waals surface area contributed by atoms with Gasteiger partial charge in [-0.25, -0.2) is 9.78 Å². The Morgan fingerprint density at radius 1 is 1.44 bits per heavy atom. The van der Waals surface area contributed by atoms with Crippen LogP contribution in [-0.4, -0.2) is 31.6 Å². The second-order valence-corrected chi connectivity index (χ2v) is 4.89. The molecular weight excluding hydrogens is 250 g/mol. The molecule has 1 N–H and O–H groups in total. The lowest BCUT2D eigenvalue weighted by atomic mass is 10.3. The maximum atomic E-state index is 10.8. The summed E-state index contributed by atoms with van der Waals surface area (Å²) in [6, 6.07) is 5.40. The molecule has 2 aromatic rings. The van der Waals surface area contributed by atoms with Gasteiger partial charge in [0.05, 0.1) is 0 Å². The van der Waals surface area contributed by atoms with Crippen molar-refractivity contribution in [2.75, 3.05) is 5.75 Å². The van der Waals surface area contributed by atoms with Gasteiger partial charge in [0.15, 0.2) is 0 Å². The third kappa shape index (κ3) is 3.10. The highest BCUT2D eigenvalue weighted by Gasteiger charge is 2.05. The number of pyridine rings is 1. The molecule has 2 rings (SSSR count). The van der Waals surface area contributed by atoms with Crippen molar-refractivity contribution < 1.29 is 9.90 Å². The minimum atomic E-state index is -0.996. The van der Waals surface area contributed by atoms with Gasteiger partial charge < -0.3 is 5.11 Å². The van der Waals surface area contributed by atoms with Gasteiger partial charge in [-0.15, -0.1) is 11.8 Å². The van der Waals surface area contributed by atoms with Crippen molar-refractivity contribution in [2.45, 2.75) is 11.3 Å². The van der Waals surface area contributed by atoms with Crippen molar-refractivity contribution in [1.29, 1.82) is 0 Å². The second-order valence-electron chi connectivity index (χ2n) is 3.73. The Morgan fingerprint density at radius 3 is 2.94 bits per heavy atom. The normalized spacial score (nSPS) is 10.5. The van der Waals surface area contributed by atoms with Crippen molar-refractivity contribution in [3.05, 3.63) is 42.0 Å². The quantitative estimate of drug-likeness (QED) is 0.834. The number of thioether (sulfide) groups is 1. The van der Waals surface area contributed by atoms with E-state index >= 15 is 0 Å². The highest BCUT2D eigenvalue weighted by Crippen LogP contribution is 2.19. The first-order chi connectivity index (χ1) is 8.66. The molecule has 2 aromatic heterocycles. The van der Waals surface area contributed by atoms with E-state index in [1.807, 2.05) is 23.9 Å². The van der Waals surface area contributed by atoms with Crippen molar-refractivity contribution in [1.82, 2.24) is 14.8 Å². The summed E-state index contributed by atoms with van der Waals surface area (Å²) in [6.07, 6.45) is 4.19. The van der Waals surface area contributed by atoms with Crippen LogP contribution in [0.2, 0.25) is 0 Å². The Labute approximate surface area is 109 Å². The second kappa shape index (κ2) is 5.68. The molecule has 0 amide bonds. The fourth-order valence-electron chi connectivity index (χ4n) is 1.54. The highest BCUT2D eigenvalue weighted by atomic mass is 32.2. The Kier molecular flexibility index (Phi) is 3.99. The zero-order valence-electron chi connectivity index (χ0n) is 9.91. The van der Waals surface area contributed by atoms with Crippen LogP contribution >= 0.6 is 11.8 Å². The summed E-state index contributed by atoms with van der Waals surface area (Å²) in [5.74, 6) is -0.119. The van der Waals surface area contributed by atoms with Crippen LogP contribution in [0.25, 0.3) is 0 Å². The molecule has 5 nitrogen and oxygen atoms in total. The van der Waals surface area contributed by atoms with Gasteiger partial charge in [0, 0.05) is 35.8 Å². The van der Waals surface area contributed by atoms with Crippen LogP contribution in [0.1, 0.15) is 16.2 Å². The van der Waals surface area contributed by atoms with Crippen LogP contribution < -0.4 is 0 Å². The summed E-state index contributed by atoms with van der Waals surface area (Å²) in [6.45, 7) is 0. The first-order valence-corrected chi connectivity index (χ1v) is 6.44. The van der Waals surface area contributed by atoms with Crippen molar-refractivity contribution in [2.24, 2.45) is 7.05 Å². The molecule has 0 aliphatic rings. The Bertz CT molecular complexity index is 554. The Balaban J connectivity index is 1.92. The van der Waals surface area contributed by atoms with E-state index < -0.39 is 5.97 Å². The fourth-order valence-corrected chi connectivity index (χ4v) is 2.44. The minimum Gasteiger partial charge on any atom is -0.477 e. The number of hydrogen-bond donors (Lipinski definition) is 1. The standard InChI is InChI=1S/C12H13N3O2S/c1-15-9(2-6-14-15)4-7-18-10-3-5-13-11(8-10)12(16)17/h2-3,5-6,8H,4,7H2,1H3,(H,16,17). The van der Waals surface area contributed by atoms with E-state index in [-0.39, 0.29) is 5.69 Å². The molecule has 18 heavy (non-hydrogen) atoms.